The summed E-state index contributed by atoms with van der Waals surface area (Å²) in [7, 11) is -4.25. The molecule has 0 aromatic rings. The summed E-state index contributed by atoms with van der Waals surface area (Å²) in [5, 5.41) is 0.0780. The van der Waals surface area contributed by atoms with Gasteiger partial charge in [0.05, 0.1) is 0 Å². The van der Waals surface area contributed by atoms with Gasteiger partial charge in [-0.25, -0.2) is 0 Å². The second-order valence-electron chi connectivity index (χ2n) is 16.3. The number of carbonyl (C=O) groups excluding carboxylic acids is 1. The van der Waals surface area contributed by atoms with Crippen LogP contribution < -0.4 is 0 Å². The Kier molecular flexibility index (Phi) is 9.65. The third-order valence-electron chi connectivity index (χ3n) is 12.0. The van der Waals surface area contributed by atoms with Gasteiger partial charge in [0.15, 0.2) is 16.6 Å². The summed E-state index contributed by atoms with van der Waals surface area (Å²) < 4.78 is 7.03. The van der Waals surface area contributed by atoms with Gasteiger partial charge in [-0.05, 0) is 122 Å². The summed E-state index contributed by atoms with van der Waals surface area (Å²) in [6.45, 7) is 29.6. The molecule has 6 atom stereocenters. The molecule has 222 valence electrons. The van der Waals surface area contributed by atoms with E-state index in [1.807, 2.05) is 0 Å². The van der Waals surface area contributed by atoms with Crippen molar-refractivity contribution in [2.45, 2.75) is 142 Å². The molecule has 0 saturated heterocycles. The van der Waals surface area contributed by atoms with E-state index in [4.69, 9.17) is 4.43 Å². The van der Waals surface area contributed by atoms with Gasteiger partial charge in [0, 0.05) is 12.0 Å². The Balaban J connectivity index is 1.93. The quantitative estimate of drug-likeness (QED) is 0.233. The summed E-state index contributed by atoms with van der Waals surface area (Å²) in [5.41, 5.74) is 4.42. The van der Waals surface area contributed by atoms with Crippen LogP contribution in [0.5, 0.6) is 0 Å². The van der Waals surface area contributed by atoms with Crippen molar-refractivity contribution in [3.63, 3.8) is 0 Å². The molecule has 0 aromatic heterocycles. The first kappa shape index (κ1) is 32.8. The number of carbonyl (C=O) groups is 1. The van der Waals surface area contributed by atoms with Crippen molar-refractivity contribution in [2.75, 3.05) is 0 Å². The van der Waals surface area contributed by atoms with Gasteiger partial charge in [0.1, 0.15) is 6.29 Å². The first-order valence-electron chi connectivity index (χ1n) is 15.7. The van der Waals surface area contributed by atoms with Gasteiger partial charge < -0.3 is 14.0 Å². The molecular formula is C34H60O3Si2. The van der Waals surface area contributed by atoms with Crippen LogP contribution in [-0.4, -0.2) is 33.8 Å². The molecule has 0 aromatic carbocycles. The molecule has 0 heterocycles. The van der Waals surface area contributed by atoms with Crippen LogP contribution in [0.3, 0.4) is 0 Å². The molecule has 1 unspecified atom stereocenters. The van der Waals surface area contributed by atoms with Crippen molar-refractivity contribution in [1.29, 1.82) is 0 Å². The number of aldehydes is 1. The molecule has 0 radical (unpaired) electrons. The Labute approximate surface area is 243 Å². The summed E-state index contributed by atoms with van der Waals surface area (Å²) in [4.78, 5) is 22.8. The average Bonchev–Trinajstić information content (AvgIpc) is 3.15. The van der Waals surface area contributed by atoms with Gasteiger partial charge in [-0.1, -0.05) is 72.8 Å². The molecule has 0 aliphatic heterocycles. The van der Waals surface area contributed by atoms with E-state index in [0.717, 1.165) is 19.3 Å². The largest absolute Gasteiger partial charge is 0.432 e. The van der Waals surface area contributed by atoms with Crippen molar-refractivity contribution in [3.8, 4) is 0 Å². The van der Waals surface area contributed by atoms with Crippen molar-refractivity contribution in [3.05, 3.63) is 35.5 Å². The van der Waals surface area contributed by atoms with Crippen molar-refractivity contribution >= 4 is 22.9 Å². The maximum Gasteiger partial charge on any atom is 0.192 e. The lowest BCUT2D eigenvalue weighted by Crippen LogP contribution is -2.46. The van der Waals surface area contributed by atoms with E-state index in [-0.39, 0.29) is 27.5 Å². The van der Waals surface area contributed by atoms with Gasteiger partial charge in [-0.15, -0.1) is 0 Å². The first-order chi connectivity index (χ1) is 17.7. The van der Waals surface area contributed by atoms with Crippen molar-refractivity contribution in [2.24, 2.45) is 29.1 Å². The van der Waals surface area contributed by atoms with Crippen LogP contribution in [0, 0.1) is 29.1 Å². The fraction of sp³-hybridized carbons (Fsp3) is 0.794. The van der Waals surface area contributed by atoms with Crippen molar-refractivity contribution < 1.29 is 14.0 Å². The molecule has 3 aliphatic carbocycles. The number of rotatable bonds is 8. The highest BCUT2D eigenvalue weighted by atomic mass is 28.4. The molecule has 5 heteroatoms. The van der Waals surface area contributed by atoms with Crippen molar-refractivity contribution in [1.82, 2.24) is 0 Å². The lowest BCUT2D eigenvalue weighted by molar-refractivity contribution is -0.113. The molecule has 3 nitrogen and oxygen atoms in total. The summed E-state index contributed by atoms with van der Waals surface area (Å²) in [6, 6.07) is 0. The molecule has 0 spiro atoms. The van der Waals surface area contributed by atoms with E-state index in [1.165, 1.54) is 49.5 Å². The molecule has 0 bridgehead atoms. The van der Waals surface area contributed by atoms with Crippen LogP contribution >= 0.6 is 0 Å². The predicted octanol–water partition coefficient (Wildman–Crippen LogP) is 9.61. The first-order valence-corrected chi connectivity index (χ1v) is 21.5. The highest BCUT2D eigenvalue weighted by Crippen LogP contribution is 2.59. The fourth-order valence-corrected chi connectivity index (χ4v) is 9.67. The highest BCUT2D eigenvalue weighted by molar-refractivity contribution is 6.74. The van der Waals surface area contributed by atoms with E-state index >= 15 is 0 Å². The lowest BCUT2D eigenvalue weighted by atomic mass is 9.61. The van der Waals surface area contributed by atoms with E-state index in [0.29, 0.717) is 17.8 Å². The maximum absolute atomic E-state index is 11.7. The third-order valence-corrected chi connectivity index (χ3v) is 20.0. The Bertz CT molecular complexity index is 977. The number of hydrogen-bond acceptors (Lipinski definition) is 3. The second kappa shape index (κ2) is 11.5. The number of allylic oxidation sites excluding steroid dienone is 4. The Morgan fingerprint density at radius 3 is 2.33 bits per heavy atom. The van der Waals surface area contributed by atoms with Gasteiger partial charge in [0.2, 0.25) is 0 Å². The van der Waals surface area contributed by atoms with Gasteiger partial charge in [-0.2, -0.15) is 0 Å². The zero-order chi connectivity index (χ0) is 29.6. The Morgan fingerprint density at radius 1 is 1.13 bits per heavy atom. The second-order valence-corrected chi connectivity index (χ2v) is 25.6. The molecule has 3 saturated carbocycles. The smallest absolute Gasteiger partial charge is 0.192 e. The Hall–Kier alpha value is -0.756. The SMILES string of the molecule is C=C1/C(=C\C=C2/CCC[C@]3(C)C([C@H](C)C=O)CC[C@@H]23)C[C@@H](O[Si](C)(C)C(C)(C)C)C[C@@H]1CC(C)(C)[Si](C)(C)O. The minimum Gasteiger partial charge on any atom is -0.432 e. The number of fused-ring (bicyclic) bond motifs is 1. The Morgan fingerprint density at radius 2 is 1.77 bits per heavy atom. The van der Waals surface area contributed by atoms with Gasteiger partial charge >= 0.3 is 0 Å². The average molecular weight is 573 g/mol. The van der Waals surface area contributed by atoms with E-state index in [2.05, 4.69) is 93.4 Å². The van der Waals surface area contributed by atoms with Crippen LogP contribution in [0.15, 0.2) is 35.5 Å². The summed E-state index contributed by atoms with van der Waals surface area (Å²) >= 11 is 0. The van der Waals surface area contributed by atoms with E-state index < -0.39 is 16.6 Å². The van der Waals surface area contributed by atoms with Crippen LogP contribution in [0.25, 0.3) is 0 Å². The summed E-state index contributed by atoms with van der Waals surface area (Å²) in [5.74, 6) is 1.56. The molecule has 3 aliphatic rings. The monoisotopic (exact) mass is 572 g/mol. The van der Waals surface area contributed by atoms with Gasteiger partial charge in [0.25, 0.3) is 0 Å². The zero-order valence-corrected chi connectivity index (χ0v) is 29.2. The minimum atomic E-state index is -2.34. The number of hydrogen-bond donors (Lipinski definition) is 1. The molecule has 1 N–H and O–H groups in total. The topological polar surface area (TPSA) is 46.5 Å². The van der Waals surface area contributed by atoms with E-state index in [1.54, 1.807) is 5.57 Å². The maximum atomic E-state index is 11.7. The van der Waals surface area contributed by atoms with E-state index in [9.17, 15) is 9.59 Å². The lowest BCUT2D eigenvalue weighted by Gasteiger charge is -2.45. The summed E-state index contributed by atoms with van der Waals surface area (Å²) in [6.07, 6.45) is 15.1. The predicted molar refractivity (Wildman–Crippen MR) is 172 cm³/mol. The molecule has 3 rings (SSSR count). The third kappa shape index (κ3) is 6.84. The standard InChI is InChI=1S/C34H60O3Si2/c1-24(23-35)30-17-18-31-26(14-13-19-34(30,31)8)15-16-27-20-29(37-39(11,12)32(3,4)5)21-28(25(27)2)22-33(6,7)38(9,10)36/h15-16,23-24,28-31,36H,2,13-14,17-22H2,1,3-12H3/b26-15+,27-16-/t24-,28-,29-,30?,31+,34-/m1/s1. The van der Waals surface area contributed by atoms with Crippen LogP contribution in [0.4, 0.5) is 0 Å². The van der Waals surface area contributed by atoms with Crippen LogP contribution in [0.1, 0.15) is 99.8 Å². The van der Waals surface area contributed by atoms with Crippen LogP contribution in [-0.2, 0) is 9.22 Å². The van der Waals surface area contributed by atoms with Gasteiger partial charge in [-0.3, -0.25) is 0 Å². The molecular weight excluding hydrogens is 513 g/mol. The molecule has 39 heavy (non-hydrogen) atoms. The normalized spacial score (nSPS) is 33.9. The fourth-order valence-electron chi connectivity index (χ4n) is 7.56. The molecule has 0 amide bonds. The minimum absolute atomic E-state index is 0.0949. The zero-order valence-electron chi connectivity index (χ0n) is 27.2. The van der Waals surface area contributed by atoms with Crippen LogP contribution in [0.2, 0.25) is 36.3 Å². The highest BCUT2D eigenvalue weighted by Gasteiger charge is 2.51. The molecule has 3 fully saturated rings.